The highest BCUT2D eigenvalue weighted by Gasteiger charge is 2.11. The summed E-state index contributed by atoms with van der Waals surface area (Å²) in [4.78, 5) is 25.8. The first-order valence-corrected chi connectivity index (χ1v) is 5.28. The minimum atomic E-state index is -0.518. The highest BCUT2D eigenvalue weighted by atomic mass is 16.5. The lowest BCUT2D eigenvalue weighted by atomic mass is 10.2. The first kappa shape index (κ1) is 15.1. The molecule has 0 unspecified atom stereocenters. The summed E-state index contributed by atoms with van der Waals surface area (Å²) in [5.41, 5.74) is 0.789. The van der Waals surface area contributed by atoms with Crippen molar-refractivity contribution in [1.82, 2.24) is 4.98 Å². The number of esters is 2. The molecule has 0 aliphatic rings. The van der Waals surface area contributed by atoms with Gasteiger partial charge in [0, 0.05) is 13.1 Å². The van der Waals surface area contributed by atoms with Crippen LogP contribution in [0.3, 0.4) is 0 Å². The third kappa shape index (κ3) is 4.63. The second-order valence-corrected chi connectivity index (χ2v) is 2.89. The molecule has 0 aliphatic heterocycles. The van der Waals surface area contributed by atoms with Crippen LogP contribution in [0.1, 0.15) is 36.8 Å². The zero-order chi connectivity index (χ0) is 13.4. The number of aryl methyl sites for hydroxylation is 1. The molecule has 1 aromatic rings. The van der Waals surface area contributed by atoms with Gasteiger partial charge in [-0.3, -0.25) is 9.78 Å². The van der Waals surface area contributed by atoms with Crippen LogP contribution in [0.25, 0.3) is 0 Å². The van der Waals surface area contributed by atoms with Crippen molar-refractivity contribution in [3.63, 3.8) is 0 Å². The summed E-state index contributed by atoms with van der Waals surface area (Å²) < 4.78 is 9.39. The molecule has 0 aromatic carbocycles. The highest BCUT2D eigenvalue weighted by molar-refractivity contribution is 5.89. The molecule has 1 heterocycles. The summed E-state index contributed by atoms with van der Waals surface area (Å²) in [5, 5.41) is 0. The zero-order valence-corrected chi connectivity index (χ0v) is 10.7. The smallest absolute Gasteiger partial charge is 0.339 e. The first-order valence-electron chi connectivity index (χ1n) is 5.28. The van der Waals surface area contributed by atoms with Gasteiger partial charge in [-0.05, 0) is 13.0 Å². The molecule has 17 heavy (non-hydrogen) atoms. The molecule has 0 spiro atoms. The van der Waals surface area contributed by atoms with E-state index in [1.807, 2.05) is 13.8 Å². The molecule has 0 saturated heterocycles. The Morgan fingerprint density at radius 3 is 2.35 bits per heavy atom. The van der Waals surface area contributed by atoms with Gasteiger partial charge in [-0.15, -0.1) is 0 Å². The summed E-state index contributed by atoms with van der Waals surface area (Å²) in [6.45, 7) is 6.96. The molecule has 0 amide bonds. The molecule has 0 radical (unpaired) electrons. The quantitative estimate of drug-likeness (QED) is 0.739. The van der Waals surface area contributed by atoms with Gasteiger partial charge in [-0.1, -0.05) is 13.8 Å². The van der Waals surface area contributed by atoms with Gasteiger partial charge in [0.25, 0.3) is 0 Å². The number of carbonyl (C=O) groups is 2. The van der Waals surface area contributed by atoms with Crippen molar-refractivity contribution < 1.29 is 19.1 Å². The number of pyridine rings is 1. The van der Waals surface area contributed by atoms with E-state index in [0.29, 0.717) is 5.69 Å². The van der Waals surface area contributed by atoms with Gasteiger partial charge in [0.05, 0.1) is 18.4 Å². The fraction of sp³-hybridized carbons (Fsp3) is 0.417. The lowest BCUT2D eigenvalue weighted by molar-refractivity contribution is -0.131. The lowest BCUT2D eigenvalue weighted by Gasteiger charge is -2.05. The molecule has 0 saturated carbocycles. The van der Waals surface area contributed by atoms with Gasteiger partial charge in [0.2, 0.25) is 0 Å². The van der Waals surface area contributed by atoms with E-state index in [1.165, 1.54) is 26.3 Å². The molecule has 5 heteroatoms. The summed E-state index contributed by atoms with van der Waals surface area (Å²) in [7, 11) is 1.27. The van der Waals surface area contributed by atoms with Crippen LogP contribution in [0, 0.1) is 6.92 Å². The van der Waals surface area contributed by atoms with Crippen molar-refractivity contribution >= 4 is 11.9 Å². The molecule has 0 fully saturated rings. The van der Waals surface area contributed by atoms with Gasteiger partial charge >= 0.3 is 11.9 Å². The number of hydrogen-bond donors (Lipinski definition) is 0. The maximum atomic E-state index is 11.2. The SMILES string of the molecule is CC.COC(=O)c1cnc(C)c(OC(C)=O)c1. The van der Waals surface area contributed by atoms with E-state index in [1.54, 1.807) is 6.92 Å². The van der Waals surface area contributed by atoms with Crippen LogP contribution in [0.2, 0.25) is 0 Å². The molecule has 1 rings (SSSR count). The highest BCUT2D eigenvalue weighted by Crippen LogP contribution is 2.17. The summed E-state index contributed by atoms with van der Waals surface area (Å²) >= 11 is 0. The Bertz CT molecular complexity index is 401. The summed E-state index contributed by atoms with van der Waals surface area (Å²) in [6, 6.07) is 1.43. The average molecular weight is 239 g/mol. The van der Waals surface area contributed by atoms with Crippen molar-refractivity contribution in [2.75, 3.05) is 7.11 Å². The van der Waals surface area contributed by atoms with Crippen molar-refractivity contribution in [1.29, 1.82) is 0 Å². The number of nitrogens with zero attached hydrogens (tertiary/aromatic N) is 1. The van der Waals surface area contributed by atoms with Crippen molar-refractivity contribution in [2.45, 2.75) is 27.7 Å². The molecule has 0 aliphatic carbocycles. The lowest BCUT2D eigenvalue weighted by Crippen LogP contribution is -2.07. The van der Waals surface area contributed by atoms with Gasteiger partial charge in [0.1, 0.15) is 0 Å². The number of ether oxygens (including phenoxy) is 2. The Morgan fingerprint density at radius 1 is 1.29 bits per heavy atom. The standard InChI is InChI=1S/C10H11NO4.C2H6/c1-6-9(15-7(2)12)4-8(5-11-6)10(13)14-3;1-2/h4-5H,1-3H3;1-2H3. The predicted octanol–water partition coefficient (Wildman–Crippen LogP) is 2.13. The molecule has 0 N–H and O–H groups in total. The fourth-order valence-corrected chi connectivity index (χ4v) is 1.00. The van der Waals surface area contributed by atoms with E-state index in [4.69, 9.17) is 4.74 Å². The van der Waals surface area contributed by atoms with Crippen LogP contribution >= 0.6 is 0 Å². The maximum absolute atomic E-state index is 11.2. The number of aromatic nitrogens is 1. The van der Waals surface area contributed by atoms with E-state index in [9.17, 15) is 9.59 Å². The third-order valence-electron chi connectivity index (χ3n) is 1.72. The molecular weight excluding hydrogens is 222 g/mol. The second kappa shape index (κ2) is 7.38. The van der Waals surface area contributed by atoms with Crippen molar-refractivity contribution in [2.24, 2.45) is 0 Å². The van der Waals surface area contributed by atoms with Crippen LogP contribution in [0.15, 0.2) is 12.3 Å². The minimum Gasteiger partial charge on any atom is -0.465 e. The predicted molar refractivity (Wildman–Crippen MR) is 63.0 cm³/mol. The Labute approximate surface area is 101 Å². The summed E-state index contributed by atoms with van der Waals surface area (Å²) in [5.74, 6) is -0.705. The van der Waals surface area contributed by atoms with Crippen molar-refractivity contribution in [3.8, 4) is 5.75 Å². The van der Waals surface area contributed by atoms with E-state index < -0.39 is 11.9 Å². The van der Waals surface area contributed by atoms with Gasteiger partial charge in [-0.2, -0.15) is 0 Å². The molecule has 1 aromatic heterocycles. The van der Waals surface area contributed by atoms with E-state index in [-0.39, 0.29) is 11.3 Å². The van der Waals surface area contributed by atoms with E-state index in [2.05, 4.69) is 9.72 Å². The largest absolute Gasteiger partial charge is 0.465 e. The molecule has 0 bridgehead atoms. The Kier molecular flexibility index (Phi) is 6.55. The van der Waals surface area contributed by atoms with Crippen molar-refractivity contribution in [3.05, 3.63) is 23.5 Å². The Balaban J connectivity index is 0.00000121. The minimum absolute atomic E-state index is 0.249. The molecular formula is C12H17NO4. The Hall–Kier alpha value is -1.91. The first-order chi connectivity index (χ1) is 8.04. The molecule has 94 valence electrons. The van der Waals surface area contributed by atoms with Crippen LogP contribution in [0.5, 0.6) is 5.75 Å². The third-order valence-corrected chi connectivity index (χ3v) is 1.72. The number of hydrogen-bond acceptors (Lipinski definition) is 5. The van der Waals surface area contributed by atoms with E-state index >= 15 is 0 Å². The molecule has 0 atom stereocenters. The molecule has 5 nitrogen and oxygen atoms in total. The van der Waals surface area contributed by atoms with Gasteiger partial charge < -0.3 is 9.47 Å². The number of carbonyl (C=O) groups excluding carboxylic acids is 2. The van der Waals surface area contributed by atoms with E-state index in [0.717, 1.165) is 0 Å². The number of rotatable bonds is 2. The van der Waals surface area contributed by atoms with Gasteiger partial charge in [0.15, 0.2) is 5.75 Å². The van der Waals surface area contributed by atoms with Gasteiger partial charge in [-0.25, -0.2) is 4.79 Å². The normalized spacial score (nSPS) is 8.76. The van der Waals surface area contributed by atoms with Crippen LogP contribution < -0.4 is 4.74 Å². The van der Waals surface area contributed by atoms with Crippen LogP contribution in [0.4, 0.5) is 0 Å². The topological polar surface area (TPSA) is 65.5 Å². The monoisotopic (exact) mass is 239 g/mol. The fourth-order valence-electron chi connectivity index (χ4n) is 1.00. The van der Waals surface area contributed by atoms with Crippen LogP contribution in [-0.2, 0) is 9.53 Å². The summed E-state index contributed by atoms with van der Waals surface area (Å²) in [6.07, 6.45) is 1.37. The maximum Gasteiger partial charge on any atom is 0.339 e. The average Bonchev–Trinajstić information content (AvgIpc) is 2.33. The second-order valence-electron chi connectivity index (χ2n) is 2.89. The Morgan fingerprint density at radius 2 is 1.88 bits per heavy atom. The zero-order valence-electron chi connectivity index (χ0n) is 10.7. The van der Waals surface area contributed by atoms with Crippen LogP contribution in [-0.4, -0.2) is 24.0 Å². The number of methoxy groups -OCH3 is 1.